The van der Waals surface area contributed by atoms with Crippen LogP contribution in [0.4, 0.5) is 11.4 Å². The predicted molar refractivity (Wildman–Crippen MR) is 104 cm³/mol. The Kier molecular flexibility index (Phi) is 6.62. The van der Waals surface area contributed by atoms with Crippen molar-refractivity contribution in [2.45, 2.75) is 19.3 Å². The summed E-state index contributed by atoms with van der Waals surface area (Å²) in [5.41, 5.74) is 1.29. The molecule has 7 heteroatoms. The number of carbonyl (C=O) groups is 3. The van der Waals surface area contributed by atoms with Crippen molar-refractivity contribution in [2.24, 2.45) is 0 Å². The summed E-state index contributed by atoms with van der Waals surface area (Å²) in [7, 11) is 0. The maximum atomic E-state index is 12.0. The van der Waals surface area contributed by atoms with Crippen LogP contribution >= 0.6 is 0 Å². The molecule has 28 heavy (non-hydrogen) atoms. The number of para-hydroxylation sites is 1. The average molecular weight is 382 g/mol. The Bertz CT molecular complexity index is 838. The number of esters is 1. The second-order valence-corrected chi connectivity index (χ2v) is 6.32. The molecule has 0 aromatic heterocycles. The summed E-state index contributed by atoms with van der Waals surface area (Å²) in [4.78, 5) is 37.3. The van der Waals surface area contributed by atoms with Crippen molar-refractivity contribution in [1.82, 2.24) is 0 Å². The van der Waals surface area contributed by atoms with Gasteiger partial charge in [0.25, 0.3) is 5.91 Å². The molecule has 0 atom stereocenters. The van der Waals surface area contributed by atoms with E-state index in [2.05, 4.69) is 5.32 Å². The smallest absolute Gasteiger partial charge is 0.309 e. The molecule has 0 unspecified atom stereocenters. The van der Waals surface area contributed by atoms with Crippen LogP contribution in [0, 0.1) is 0 Å². The molecule has 7 nitrogen and oxygen atoms in total. The minimum absolute atomic E-state index is 0.0503. The van der Waals surface area contributed by atoms with Crippen LogP contribution in [0.2, 0.25) is 0 Å². The first-order valence-corrected chi connectivity index (χ1v) is 9.15. The molecule has 0 spiro atoms. The number of ether oxygens (including phenoxy) is 2. The van der Waals surface area contributed by atoms with Crippen molar-refractivity contribution in [1.29, 1.82) is 0 Å². The molecule has 2 aromatic carbocycles. The number of amides is 2. The lowest BCUT2D eigenvalue weighted by Crippen LogP contribution is -2.24. The van der Waals surface area contributed by atoms with Crippen molar-refractivity contribution in [3.63, 3.8) is 0 Å². The number of nitrogens with zero attached hydrogens (tertiary/aromatic N) is 1. The molecule has 0 aliphatic carbocycles. The largest absolute Gasteiger partial charge is 0.493 e. The Balaban J connectivity index is 1.40. The first kappa shape index (κ1) is 19.4. The summed E-state index contributed by atoms with van der Waals surface area (Å²) in [5.74, 6) is -0.204. The number of hydrogen-bond donors (Lipinski definition) is 1. The summed E-state index contributed by atoms with van der Waals surface area (Å²) < 4.78 is 10.4. The van der Waals surface area contributed by atoms with Crippen molar-refractivity contribution < 1.29 is 23.9 Å². The van der Waals surface area contributed by atoms with E-state index in [0.29, 0.717) is 24.4 Å². The number of hydrogen-bond acceptors (Lipinski definition) is 5. The molecule has 1 aliphatic rings. The Morgan fingerprint density at radius 1 is 1.07 bits per heavy atom. The lowest BCUT2D eigenvalue weighted by Gasteiger charge is -2.16. The molecule has 0 saturated carbocycles. The SMILES string of the molecule is O=C(COC(=O)CCOc1ccccc1)Nc1cccc(N2CCCC2=O)c1. The highest BCUT2D eigenvalue weighted by molar-refractivity contribution is 5.97. The molecule has 0 bridgehead atoms. The third-order valence-electron chi connectivity index (χ3n) is 4.20. The fraction of sp³-hybridized carbons (Fsp3) is 0.286. The van der Waals surface area contributed by atoms with Crippen LogP contribution in [0.15, 0.2) is 54.6 Å². The van der Waals surface area contributed by atoms with E-state index in [1.165, 1.54) is 0 Å². The first-order chi connectivity index (χ1) is 13.6. The topological polar surface area (TPSA) is 84.9 Å². The van der Waals surface area contributed by atoms with Gasteiger partial charge in [-0.15, -0.1) is 0 Å². The standard InChI is InChI=1S/C21H22N2O5/c24-19(15-28-21(26)11-13-27-18-8-2-1-3-9-18)22-16-6-4-7-17(14-16)23-12-5-10-20(23)25/h1-4,6-9,14H,5,10-13,15H2,(H,22,24). The van der Waals surface area contributed by atoms with Gasteiger partial charge in [0, 0.05) is 24.3 Å². The monoisotopic (exact) mass is 382 g/mol. The summed E-state index contributed by atoms with van der Waals surface area (Å²) in [5, 5.41) is 2.67. The second kappa shape index (κ2) is 9.55. The van der Waals surface area contributed by atoms with Crippen LogP contribution in [0.3, 0.4) is 0 Å². The van der Waals surface area contributed by atoms with Gasteiger partial charge < -0.3 is 19.7 Å². The van der Waals surface area contributed by atoms with E-state index >= 15 is 0 Å². The minimum atomic E-state index is -0.512. The molecular weight excluding hydrogens is 360 g/mol. The van der Waals surface area contributed by atoms with Crippen molar-refractivity contribution in [3.05, 3.63) is 54.6 Å². The van der Waals surface area contributed by atoms with E-state index in [1.807, 2.05) is 24.3 Å². The molecule has 1 heterocycles. The van der Waals surface area contributed by atoms with Gasteiger partial charge in [0.2, 0.25) is 5.91 Å². The lowest BCUT2D eigenvalue weighted by molar-refractivity contribution is -0.147. The van der Waals surface area contributed by atoms with Crippen LogP contribution < -0.4 is 15.0 Å². The molecule has 0 radical (unpaired) electrons. The van der Waals surface area contributed by atoms with E-state index in [-0.39, 0.29) is 25.5 Å². The molecule has 1 saturated heterocycles. The van der Waals surface area contributed by atoms with Gasteiger partial charge in [0.15, 0.2) is 6.61 Å². The van der Waals surface area contributed by atoms with Gasteiger partial charge in [0.05, 0.1) is 13.0 Å². The van der Waals surface area contributed by atoms with Gasteiger partial charge in [-0.25, -0.2) is 0 Å². The van der Waals surface area contributed by atoms with Gasteiger partial charge in [-0.3, -0.25) is 14.4 Å². The number of carbonyl (C=O) groups excluding carboxylic acids is 3. The normalized spacial score (nSPS) is 13.3. The quantitative estimate of drug-likeness (QED) is 0.710. The zero-order valence-corrected chi connectivity index (χ0v) is 15.4. The average Bonchev–Trinajstić information content (AvgIpc) is 3.13. The molecule has 3 rings (SSSR count). The maximum absolute atomic E-state index is 12.0. The molecular formula is C21H22N2O5. The third-order valence-corrected chi connectivity index (χ3v) is 4.20. The zero-order valence-electron chi connectivity index (χ0n) is 15.4. The Hall–Kier alpha value is -3.35. The summed E-state index contributed by atoms with van der Waals surface area (Å²) >= 11 is 0. The minimum Gasteiger partial charge on any atom is -0.493 e. The van der Waals surface area contributed by atoms with Gasteiger partial charge in [-0.05, 0) is 36.8 Å². The Labute approximate surface area is 163 Å². The van der Waals surface area contributed by atoms with E-state index in [1.54, 1.807) is 35.2 Å². The molecule has 1 aliphatic heterocycles. The van der Waals surface area contributed by atoms with E-state index in [9.17, 15) is 14.4 Å². The summed E-state index contributed by atoms with van der Waals surface area (Å²) in [6.07, 6.45) is 1.43. The van der Waals surface area contributed by atoms with Crippen LogP contribution in [-0.2, 0) is 19.1 Å². The van der Waals surface area contributed by atoms with Crippen LogP contribution in [0.1, 0.15) is 19.3 Å². The molecule has 146 valence electrons. The number of nitrogens with one attached hydrogen (secondary N) is 1. The number of rotatable bonds is 8. The van der Waals surface area contributed by atoms with Crippen LogP contribution in [0.5, 0.6) is 5.75 Å². The summed E-state index contributed by atoms with van der Waals surface area (Å²) in [6, 6.07) is 16.2. The van der Waals surface area contributed by atoms with Gasteiger partial charge in [-0.1, -0.05) is 24.3 Å². The van der Waals surface area contributed by atoms with E-state index in [4.69, 9.17) is 9.47 Å². The van der Waals surface area contributed by atoms with Gasteiger partial charge >= 0.3 is 5.97 Å². The maximum Gasteiger partial charge on any atom is 0.309 e. The van der Waals surface area contributed by atoms with E-state index in [0.717, 1.165) is 12.1 Å². The molecule has 2 aromatic rings. The lowest BCUT2D eigenvalue weighted by atomic mass is 10.2. The first-order valence-electron chi connectivity index (χ1n) is 9.15. The van der Waals surface area contributed by atoms with Crippen molar-refractivity contribution in [2.75, 3.05) is 30.0 Å². The molecule has 2 amide bonds. The van der Waals surface area contributed by atoms with Crippen LogP contribution in [-0.4, -0.2) is 37.5 Å². The van der Waals surface area contributed by atoms with Gasteiger partial charge in [0.1, 0.15) is 5.75 Å². The Morgan fingerprint density at radius 2 is 1.89 bits per heavy atom. The second-order valence-electron chi connectivity index (χ2n) is 6.32. The number of anilines is 2. The fourth-order valence-corrected chi connectivity index (χ4v) is 2.86. The molecule has 1 N–H and O–H groups in total. The fourth-order valence-electron chi connectivity index (χ4n) is 2.86. The van der Waals surface area contributed by atoms with Crippen molar-refractivity contribution >= 4 is 29.2 Å². The Morgan fingerprint density at radius 3 is 2.64 bits per heavy atom. The zero-order chi connectivity index (χ0) is 19.8. The third kappa shape index (κ3) is 5.57. The predicted octanol–water partition coefficient (Wildman–Crippen LogP) is 2.76. The highest BCUT2D eigenvalue weighted by Crippen LogP contribution is 2.24. The molecule has 1 fully saturated rings. The van der Waals surface area contributed by atoms with Crippen molar-refractivity contribution in [3.8, 4) is 5.75 Å². The summed E-state index contributed by atoms with van der Waals surface area (Å²) in [6.45, 7) is 0.478. The van der Waals surface area contributed by atoms with Crippen LogP contribution in [0.25, 0.3) is 0 Å². The van der Waals surface area contributed by atoms with E-state index < -0.39 is 11.9 Å². The highest BCUT2D eigenvalue weighted by atomic mass is 16.5. The number of benzene rings is 2. The highest BCUT2D eigenvalue weighted by Gasteiger charge is 2.21. The van der Waals surface area contributed by atoms with Gasteiger partial charge in [-0.2, -0.15) is 0 Å².